The van der Waals surface area contributed by atoms with E-state index in [0.717, 1.165) is 0 Å². The molecule has 3 aromatic rings. The Balaban J connectivity index is 1.40. The summed E-state index contributed by atoms with van der Waals surface area (Å²) in [6.07, 6.45) is 5.96. The summed E-state index contributed by atoms with van der Waals surface area (Å²) in [5, 5.41) is 5.08. The van der Waals surface area contributed by atoms with E-state index < -0.39 is 9.84 Å². The lowest BCUT2D eigenvalue weighted by Crippen LogP contribution is -2.42. The van der Waals surface area contributed by atoms with Gasteiger partial charge in [0, 0.05) is 32.2 Å². The van der Waals surface area contributed by atoms with Gasteiger partial charge in [-0.15, -0.1) is 0 Å². The molecule has 0 saturated carbocycles. The van der Waals surface area contributed by atoms with Crippen LogP contribution >= 0.6 is 0 Å². The molecule has 0 spiro atoms. The number of carbonyl (C=O) groups excluding carboxylic acids is 1. The Bertz CT molecular complexity index is 1290. The van der Waals surface area contributed by atoms with E-state index in [9.17, 15) is 13.2 Å². The Labute approximate surface area is 205 Å². The van der Waals surface area contributed by atoms with E-state index in [1.807, 2.05) is 25.7 Å². The number of carbonyl (C=O) groups is 1. The van der Waals surface area contributed by atoms with Gasteiger partial charge in [-0.2, -0.15) is 5.10 Å². The number of aromatic nitrogens is 4. The minimum absolute atomic E-state index is 0.0691. The summed E-state index contributed by atoms with van der Waals surface area (Å²) < 4.78 is 36.9. The Morgan fingerprint density at radius 3 is 2.43 bits per heavy atom. The van der Waals surface area contributed by atoms with Crippen molar-refractivity contribution in [1.29, 1.82) is 0 Å². The molecule has 0 atom stereocenters. The largest absolute Gasteiger partial charge is 0.474 e. The van der Waals surface area contributed by atoms with Crippen molar-refractivity contribution < 1.29 is 22.7 Å². The van der Waals surface area contributed by atoms with E-state index in [1.165, 1.54) is 12.6 Å². The molecule has 1 amide bonds. The van der Waals surface area contributed by atoms with Gasteiger partial charge in [-0.1, -0.05) is 0 Å². The average Bonchev–Trinajstić information content (AvgIpc) is 3.23. The quantitative estimate of drug-likeness (QED) is 0.485. The third-order valence-electron chi connectivity index (χ3n) is 5.76. The summed E-state index contributed by atoms with van der Waals surface area (Å²) in [6, 6.07) is 6.46. The summed E-state index contributed by atoms with van der Waals surface area (Å²) >= 11 is 0. The van der Waals surface area contributed by atoms with Crippen molar-refractivity contribution in [1.82, 2.24) is 24.6 Å². The third-order valence-corrected chi connectivity index (χ3v) is 6.89. The second-order valence-corrected chi connectivity index (χ2v) is 11.7. The number of piperidine rings is 1. The third kappa shape index (κ3) is 6.15. The Hall–Kier alpha value is -3.05. The second-order valence-electron chi connectivity index (χ2n) is 9.65. The van der Waals surface area contributed by atoms with Crippen LogP contribution in [0.3, 0.4) is 0 Å². The molecule has 11 heteroatoms. The molecular formula is C24H31N5O5S. The van der Waals surface area contributed by atoms with Crippen LogP contribution in [0.25, 0.3) is 16.7 Å². The molecule has 0 N–H and O–H groups in total. The lowest BCUT2D eigenvalue weighted by Gasteiger charge is -2.32. The standard InChI is InChI=1S/C24H31N5O5S/c1-24(2,3)33-14-11-21(30)28-12-9-18(10-13-28)34-23-20-15-27-29(22(20)25-16-26-23)17-5-7-19(8-6-17)35(4,31)32/h5-8,15-16,18H,9-14H2,1-4H3. The van der Waals surface area contributed by atoms with Crippen molar-refractivity contribution in [3.05, 3.63) is 36.8 Å². The van der Waals surface area contributed by atoms with E-state index >= 15 is 0 Å². The molecule has 0 aliphatic carbocycles. The summed E-state index contributed by atoms with van der Waals surface area (Å²) in [5.74, 6) is 0.539. The summed E-state index contributed by atoms with van der Waals surface area (Å²) in [6.45, 7) is 7.59. The van der Waals surface area contributed by atoms with Gasteiger partial charge < -0.3 is 14.4 Å². The SMILES string of the molecule is CC(C)(C)OCCC(=O)N1CCC(Oc2ncnc3c2cnn3-c2ccc(S(C)(=O)=O)cc2)CC1. The molecule has 2 aromatic heterocycles. The highest BCUT2D eigenvalue weighted by Crippen LogP contribution is 2.26. The van der Waals surface area contributed by atoms with Crippen molar-refractivity contribution >= 4 is 26.8 Å². The van der Waals surface area contributed by atoms with Gasteiger partial charge in [0.2, 0.25) is 11.8 Å². The normalized spacial score (nSPS) is 15.5. The van der Waals surface area contributed by atoms with Gasteiger partial charge in [0.15, 0.2) is 15.5 Å². The summed E-state index contributed by atoms with van der Waals surface area (Å²) in [4.78, 5) is 23.2. The van der Waals surface area contributed by atoms with Gasteiger partial charge in [0.25, 0.3) is 0 Å². The van der Waals surface area contributed by atoms with Crippen molar-refractivity contribution in [2.75, 3.05) is 26.0 Å². The van der Waals surface area contributed by atoms with Crippen molar-refractivity contribution in [2.45, 2.75) is 56.6 Å². The first-order chi connectivity index (χ1) is 16.5. The van der Waals surface area contributed by atoms with Gasteiger partial charge in [-0.3, -0.25) is 4.79 Å². The van der Waals surface area contributed by atoms with Crippen LogP contribution in [-0.4, -0.2) is 76.6 Å². The maximum absolute atomic E-state index is 12.5. The fourth-order valence-corrected chi connectivity index (χ4v) is 4.55. The van der Waals surface area contributed by atoms with Gasteiger partial charge in [-0.05, 0) is 45.0 Å². The predicted octanol–water partition coefficient (Wildman–Crippen LogP) is 2.79. The number of rotatable bonds is 7. The number of benzene rings is 1. The van der Waals surface area contributed by atoms with Crippen molar-refractivity contribution in [3.8, 4) is 11.6 Å². The highest BCUT2D eigenvalue weighted by Gasteiger charge is 2.25. The number of ether oxygens (including phenoxy) is 2. The van der Waals surface area contributed by atoms with Crippen LogP contribution in [0.4, 0.5) is 0 Å². The molecular weight excluding hydrogens is 470 g/mol. The zero-order valence-corrected chi connectivity index (χ0v) is 21.3. The molecule has 0 unspecified atom stereocenters. The smallest absolute Gasteiger partial charge is 0.228 e. The lowest BCUT2D eigenvalue weighted by molar-refractivity contribution is -0.135. The minimum Gasteiger partial charge on any atom is -0.474 e. The van der Waals surface area contributed by atoms with Crippen LogP contribution in [0.15, 0.2) is 41.7 Å². The van der Waals surface area contributed by atoms with Crippen molar-refractivity contribution in [3.63, 3.8) is 0 Å². The molecule has 3 heterocycles. The van der Waals surface area contributed by atoms with Crippen LogP contribution in [0.5, 0.6) is 5.88 Å². The molecule has 1 fully saturated rings. The number of sulfone groups is 1. The second kappa shape index (κ2) is 9.90. The molecule has 0 radical (unpaired) electrons. The van der Waals surface area contributed by atoms with Gasteiger partial charge in [0.05, 0.1) is 35.4 Å². The Morgan fingerprint density at radius 2 is 1.80 bits per heavy atom. The molecule has 1 aliphatic rings. The van der Waals surface area contributed by atoms with E-state index in [0.29, 0.717) is 61.6 Å². The molecule has 1 saturated heterocycles. The average molecular weight is 502 g/mol. The first-order valence-electron chi connectivity index (χ1n) is 11.6. The summed E-state index contributed by atoms with van der Waals surface area (Å²) in [7, 11) is -3.28. The maximum atomic E-state index is 12.5. The summed E-state index contributed by atoms with van der Waals surface area (Å²) in [5.41, 5.74) is 0.991. The first-order valence-corrected chi connectivity index (χ1v) is 13.5. The Morgan fingerprint density at radius 1 is 1.11 bits per heavy atom. The number of hydrogen-bond donors (Lipinski definition) is 0. The first kappa shape index (κ1) is 25.1. The van der Waals surface area contributed by atoms with Crippen LogP contribution in [0, 0.1) is 0 Å². The zero-order chi connectivity index (χ0) is 25.2. The topological polar surface area (TPSA) is 117 Å². The van der Waals surface area contributed by atoms with E-state index in [2.05, 4.69) is 15.1 Å². The van der Waals surface area contributed by atoms with Crippen LogP contribution in [-0.2, 0) is 19.4 Å². The highest BCUT2D eigenvalue weighted by atomic mass is 32.2. The zero-order valence-electron chi connectivity index (χ0n) is 20.5. The minimum atomic E-state index is -3.28. The monoisotopic (exact) mass is 501 g/mol. The van der Waals surface area contributed by atoms with Crippen LogP contribution < -0.4 is 4.74 Å². The van der Waals surface area contributed by atoms with E-state index in [1.54, 1.807) is 35.1 Å². The van der Waals surface area contributed by atoms with E-state index in [-0.39, 0.29) is 22.5 Å². The molecule has 188 valence electrons. The molecule has 1 aromatic carbocycles. The molecule has 1 aliphatic heterocycles. The maximum Gasteiger partial charge on any atom is 0.228 e. The number of fused-ring (bicyclic) bond motifs is 1. The van der Waals surface area contributed by atoms with Crippen molar-refractivity contribution in [2.24, 2.45) is 0 Å². The lowest BCUT2D eigenvalue weighted by atomic mass is 10.1. The fourth-order valence-electron chi connectivity index (χ4n) is 3.92. The van der Waals surface area contributed by atoms with Gasteiger partial charge >= 0.3 is 0 Å². The highest BCUT2D eigenvalue weighted by molar-refractivity contribution is 7.90. The number of nitrogens with zero attached hydrogens (tertiary/aromatic N) is 5. The van der Waals surface area contributed by atoms with Gasteiger partial charge in [0.1, 0.15) is 17.8 Å². The number of likely N-dealkylation sites (tertiary alicyclic amines) is 1. The van der Waals surface area contributed by atoms with E-state index in [4.69, 9.17) is 9.47 Å². The predicted molar refractivity (Wildman–Crippen MR) is 130 cm³/mol. The molecule has 4 rings (SSSR count). The number of hydrogen-bond acceptors (Lipinski definition) is 8. The van der Waals surface area contributed by atoms with Gasteiger partial charge in [-0.25, -0.2) is 23.1 Å². The molecule has 35 heavy (non-hydrogen) atoms. The fraction of sp³-hybridized carbons (Fsp3) is 0.500. The molecule has 0 bridgehead atoms. The van der Waals surface area contributed by atoms with Crippen LogP contribution in [0.2, 0.25) is 0 Å². The number of amides is 1. The van der Waals surface area contributed by atoms with Crippen LogP contribution in [0.1, 0.15) is 40.0 Å². The Kier molecular flexibility index (Phi) is 7.09. The molecule has 10 nitrogen and oxygen atoms in total.